The summed E-state index contributed by atoms with van der Waals surface area (Å²) in [5.74, 6) is 0. The van der Waals surface area contributed by atoms with Gasteiger partial charge >= 0.3 is 12.2 Å². The van der Waals surface area contributed by atoms with Crippen molar-refractivity contribution in [2.24, 2.45) is 0 Å². The molecule has 2 amide bonds. The van der Waals surface area contributed by atoms with Gasteiger partial charge in [0, 0.05) is 23.9 Å². The first kappa shape index (κ1) is 19.3. The second kappa shape index (κ2) is 7.67. The molecule has 1 heterocycles. The van der Waals surface area contributed by atoms with Crippen LogP contribution in [0.2, 0.25) is 0 Å². The number of nitrogens with zero attached hydrogens (tertiary/aromatic N) is 2. The van der Waals surface area contributed by atoms with Gasteiger partial charge in [0.1, 0.15) is 6.54 Å². The summed E-state index contributed by atoms with van der Waals surface area (Å²) >= 11 is 0. The first-order chi connectivity index (χ1) is 10.5. The number of carbonyl (C=O) groups excluding carboxylic acids is 1. The van der Waals surface area contributed by atoms with E-state index in [0.29, 0.717) is 23.4 Å². The van der Waals surface area contributed by atoms with E-state index in [4.69, 9.17) is 5.11 Å². The van der Waals surface area contributed by atoms with E-state index in [2.05, 4.69) is 15.7 Å². The molecule has 0 bridgehead atoms. The first-order valence-corrected chi connectivity index (χ1v) is 7.33. The highest BCUT2D eigenvalue weighted by atomic mass is 19.4. The second-order valence-electron chi connectivity index (χ2n) is 5.61. The smallest absolute Gasteiger partial charge is 0.396 e. The molecule has 0 aliphatic rings. The zero-order valence-electron chi connectivity index (χ0n) is 13.7. The molecule has 1 aromatic rings. The minimum atomic E-state index is -4.35. The number of amides is 2. The van der Waals surface area contributed by atoms with Crippen molar-refractivity contribution in [3.8, 4) is 0 Å². The van der Waals surface area contributed by atoms with E-state index < -0.39 is 24.8 Å². The summed E-state index contributed by atoms with van der Waals surface area (Å²) in [5, 5.41) is 18.0. The van der Waals surface area contributed by atoms with Gasteiger partial charge in [-0.2, -0.15) is 18.3 Å². The molecule has 9 heteroatoms. The number of carbonyl (C=O) groups is 1. The minimum Gasteiger partial charge on any atom is -0.396 e. The highest BCUT2D eigenvalue weighted by Gasteiger charge is 2.31. The first-order valence-electron chi connectivity index (χ1n) is 7.33. The van der Waals surface area contributed by atoms with Gasteiger partial charge in [0.05, 0.1) is 11.7 Å². The summed E-state index contributed by atoms with van der Waals surface area (Å²) in [6.07, 6.45) is -3.93. The van der Waals surface area contributed by atoms with Crippen LogP contribution >= 0.6 is 0 Å². The maximum absolute atomic E-state index is 12.5. The van der Waals surface area contributed by atoms with Crippen LogP contribution in [0.25, 0.3) is 0 Å². The molecular weight excluding hydrogens is 313 g/mol. The standard InChI is InChI=1S/C14H23F3N4O2/c1-8(5-6-22)18-13(23)19-9(2)12-10(3)20-21(11(12)4)7-14(15,16)17/h8-9,22H,5-7H2,1-4H3,(H2,18,19,23)/t8-,9?/m1/s1. The van der Waals surface area contributed by atoms with Crippen LogP contribution in [-0.4, -0.2) is 39.7 Å². The summed E-state index contributed by atoms with van der Waals surface area (Å²) in [6, 6.07) is -1.14. The highest BCUT2D eigenvalue weighted by Crippen LogP contribution is 2.24. The fourth-order valence-electron chi connectivity index (χ4n) is 2.46. The number of halogens is 3. The Morgan fingerprint density at radius 3 is 2.43 bits per heavy atom. The third-order valence-electron chi connectivity index (χ3n) is 3.49. The van der Waals surface area contributed by atoms with Crippen molar-refractivity contribution in [1.29, 1.82) is 0 Å². The Hall–Kier alpha value is -1.77. The molecule has 23 heavy (non-hydrogen) atoms. The molecule has 132 valence electrons. The van der Waals surface area contributed by atoms with Crippen molar-refractivity contribution < 1.29 is 23.1 Å². The van der Waals surface area contributed by atoms with E-state index in [9.17, 15) is 18.0 Å². The number of urea groups is 1. The Bertz CT molecular complexity index is 543. The molecule has 0 radical (unpaired) electrons. The highest BCUT2D eigenvalue weighted by molar-refractivity contribution is 5.74. The maximum atomic E-state index is 12.5. The molecule has 1 unspecified atom stereocenters. The lowest BCUT2D eigenvalue weighted by atomic mass is 10.1. The quantitative estimate of drug-likeness (QED) is 0.745. The van der Waals surface area contributed by atoms with Crippen molar-refractivity contribution in [3.63, 3.8) is 0 Å². The maximum Gasteiger partial charge on any atom is 0.408 e. The normalized spacial score (nSPS) is 14.4. The summed E-state index contributed by atoms with van der Waals surface area (Å²) in [5.41, 5.74) is 1.39. The number of rotatable bonds is 6. The van der Waals surface area contributed by atoms with Crippen molar-refractivity contribution in [3.05, 3.63) is 17.0 Å². The van der Waals surface area contributed by atoms with Crippen LogP contribution in [-0.2, 0) is 6.54 Å². The van der Waals surface area contributed by atoms with Gasteiger partial charge < -0.3 is 15.7 Å². The zero-order valence-corrected chi connectivity index (χ0v) is 13.7. The summed E-state index contributed by atoms with van der Waals surface area (Å²) in [7, 11) is 0. The molecule has 6 nitrogen and oxygen atoms in total. The Morgan fingerprint density at radius 1 is 1.30 bits per heavy atom. The number of aryl methyl sites for hydroxylation is 1. The number of aliphatic hydroxyl groups excluding tert-OH is 1. The van der Waals surface area contributed by atoms with Crippen LogP contribution in [0.4, 0.5) is 18.0 Å². The number of aliphatic hydroxyl groups is 1. The second-order valence-corrected chi connectivity index (χ2v) is 5.61. The molecular formula is C14H23F3N4O2. The number of hydrogen-bond acceptors (Lipinski definition) is 3. The average molecular weight is 336 g/mol. The van der Waals surface area contributed by atoms with E-state index in [1.807, 2.05) is 0 Å². The third-order valence-corrected chi connectivity index (χ3v) is 3.49. The van der Waals surface area contributed by atoms with Gasteiger partial charge in [-0.15, -0.1) is 0 Å². The van der Waals surface area contributed by atoms with E-state index >= 15 is 0 Å². The largest absolute Gasteiger partial charge is 0.408 e. The van der Waals surface area contributed by atoms with Crippen LogP contribution in [0.15, 0.2) is 0 Å². The zero-order chi connectivity index (χ0) is 17.8. The van der Waals surface area contributed by atoms with Gasteiger partial charge in [-0.1, -0.05) is 0 Å². The van der Waals surface area contributed by atoms with Crippen LogP contribution in [0, 0.1) is 13.8 Å². The molecule has 0 aromatic carbocycles. The van der Waals surface area contributed by atoms with E-state index in [0.717, 1.165) is 4.68 Å². The monoisotopic (exact) mass is 336 g/mol. The third kappa shape index (κ3) is 5.74. The van der Waals surface area contributed by atoms with Gasteiger partial charge in [0.15, 0.2) is 0 Å². The SMILES string of the molecule is Cc1nn(CC(F)(F)F)c(C)c1C(C)NC(=O)N[C@H](C)CCO. The van der Waals surface area contributed by atoms with Crippen LogP contribution in [0.5, 0.6) is 0 Å². The predicted octanol–water partition coefficient (Wildman–Crippen LogP) is 2.19. The Labute approximate surface area is 133 Å². The summed E-state index contributed by atoms with van der Waals surface area (Å²) < 4.78 is 38.5. The molecule has 0 spiro atoms. The lowest BCUT2D eigenvalue weighted by molar-refractivity contribution is -0.143. The number of aromatic nitrogens is 2. The van der Waals surface area contributed by atoms with Crippen LogP contribution in [0.1, 0.15) is 43.3 Å². The van der Waals surface area contributed by atoms with Crippen LogP contribution in [0.3, 0.4) is 0 Å². The number of hydrogen-bond donors (Lipinski definition) is 3. The molecule has 1 rings (SSSR count). The van der Waals surface area contributed by atoms with Gasteiger partial charge in [-0.3, -0.25) is 4.68 Å². The Balaban J connectivity index is 2.80. The molecule has 3 N–H and O–H groups in total. The van der Waals surface area contributed by atoms with Gasteiger partial charge in [-0.25, -0.2) is 4.79 Å². The molecule has 1 aromatic heterocycles. The molecule has 2 atom stereocenters. The van der Waals surface area contributed by atoms with E-state index in [1.54, 1.807) is 27.7 Å². The summed E-state index contributed by atoms with van der Waals surface area (Å²) in [6.45, 7) is 5.39. The fraction of sp³-hybridized carbons (Fsp3) is 0.714. The van der Waals surface area contributed by atoms with Gasteiger partial charge in [0.25, 0.3) is 0 Å². The summed E-state index contributed by atoms with van der Waals surface area (Å²) in [4.78, 5) is 11.9. The molecule has 0 saturated carbocycles. The average Bonchev–Trinajstić information content (AvgIpc) is 2.61. The Morgan fingerprint density at radius 2 is 1.91 bits per heavy atom. The van der Waals surface area contributed by atoms with Crippen LogP contribution < -0.4 is 10.6 Å². The Kier molecular flexibility index (Phi) is 6.43. The van der Waals surface area contributed by atoms with Crippen molar-refractivity contribution >= 4 is 6.03 Å². The van der Waals surface area contributed by atoms with Crippen molar-refractivity contribution in [1.82, 2.24) is 20.4 Å². The topological polar surface area (TPSA) is 79.2 Å². The lowest BCUT2D eigenvalue weighted by Crippen LogP contribution is -2.42. The number of nitrogens with one attached hydrogen (secondary N) is 2. The van der Waals surface area contributed by atoms with E-state index in [-0.39, 0.29) is 12.6 Å². The van der Waals surface area contributed by atoms with Gasteiger partial charge in [0.2, 0.25) is 0 Å². The molecule has 0 saturated heterocycles. The van der Waals surface area contributed by atoms with E-state index in [1.165, 1.54) is 0 Å². The van der Waals surface area contributed by atoms with Gasteiger partial charge in [-0.05, 0) is 34.1 Å². The molecule has 0 aliphatic carbocycles. The minimum absolute atomic E-state index is 0.0422. The fourth-order valence-corrected chi connectivity index (χ4v) is 2.46. The molecule has 0 aliphatic heterocycles. The molecule has 0 fully saturated rings. The lowest BCUT2D eigenvalue weighted by Gasteiger charge is -2.18. The number of alkyl halides is 3. The van der Waals surface area contributed by atoms with Crippen molar-refractivity contribution in [2.45, 2.75) is 58.9 Å². The van der Waals surface area contributed by atoms with Crippen molar-refractivity contribution in [2.75, 3.05) is 6.61 Å². The predicted molar refractivity (Wildman–Crippen MR) is 79.0 cm³/mol.